The van der Waals surface area contributed by atoms with Gasteiger partial charge in [0.1, 0.15) is 11.6 Å². The molecule has 1 heterocycles. The Kier molecular flexibility index (Phi) is 5.83. The number of carbonyl (C=O) groups is 1. The molecule has 2 aromatic carbocycles. The lowest BCUT2D eigenvalue weighted by Gasteiger charge is -2.39. The molecule has 1 aliphatic rings. The van der Waals surface area contributed by atoms with E-state index < -0.39 is 0 Å². The number of ether oxygens (including phenoxy) is 1. The van der Waals surface area contributed by atoms with Gasteiger partial charge in [0.2, 0.25) is 0 Å². The van der Waals surface area contributed by atoms with Crippen LogP contribution in [-0.2, 0) is 4.74 Å². The van der Waals surface area contributed by atoms with Crippen LogP contribution in [0.1, 0.15) is 24.1 Å². The van der Waals surface area contributed by atoms with Gasteiger partial charge >= 0.3 is 6.09 Å². The summed E-state index contributed by atoms with van der Waals surface area (Å²) in [4.78, 5) is 15.8. The van der Waals surface area contributed by atoms with Crippen LogP contribution in [0.15, 0.2) is 48.5 Å². The highest BCUT2D eigenvalue weighted by atomic mass is 19.1. The quantitative estimate of drug-likeness (QED) is 0.831. The Labute approximate surface area is 152 Å². The predicted molar refractivity (Wildman–Crippen MR) is 94.8 cm³/mol. The second-order valence-corrected chi connectivity index (χ2v) is 6.23. The molecule has 0 bridgehead atoms. The fraction of sp³-hybridized carbons (Fsp3) is 0.350. The normalized spacial score (nSPS) is 15.3. The van der Waals surface area contributed by atoms with Crippen molar-refractivity contribution in [1.29, 1.82) is 0 Å². The van der Waals surface area contributed by atoms with Crippen LogP contribution in [0, 0.1) is 11.6 Å². The van der Waals surface area contributed by atoms with Gasteiger partial charge in [0.15, 0.2) is 0 Å². The topological polar surface area (TPSA) is 32.8 Å². The number of amides is 1. The van der Waals surface area contributed by atoms with Gasteiger partial charge in [-0.25, -0.2) is 13.6 Å². The van der Waals surface area contributed by atoms with Gasteiger partial charge < -0.3 is 9.64 Å². The number of carbonyl (C=O) groups excluding carboxylic acids is 1. The van der Waals surface area contributed by atoms with Gasteiger partial charge in [-0.15, -0.1) is 0 Å². The molecular formula is C20H22F2N2O2. The van der Waals surface area contributed by atoms with Crippen LogP contribution >= 0.6 is 0 Å². The highest BCUT2D eigenvalue weighted by Crippen LogP contribution is 2.30. The van der Waals surface area contributed by atoms with Crippen molar-refractivity contribution in [3.05, 3.63) is 71.3 Å². The van der Waals surface area contributed by atoms with Crippen molar-refractivity contribution in [3.63, 3.8) is 0 Å². The summed E-state index contributed by atoms with van der Waals surface area (Å²) >= 11 is 0. The number of rotatable bonds is 4. The minimum atomic E-state index is -0.299. The molecule has 138 valence electrons. The second-order valence-electron chi connectivity index (χ2n) is 6.23. The van der Waals surface area contributed by atoms with E-state index >= 15 is 0 Å². The SMILES string of the molecule is CCOC(=O)N1CCN(C(c2ccc(F)cc2)c2ccc(F)cc2)CC1. The number of piperazine rings is 1. The van der Waals surface area contributed by atoms with Crippen molar-refractivity contribution in [2.45, 2.75) is 13.0 Å². The van der Waals surface area contributed by atoms with Crippen LogP contribution in [-0.4, -0.2) is 48.7 Å². The number of hydrogen-bond donors (Lipinski definition) is 0. The summed E-state index contributed by atoms with van der Waals surface area (Å²) in [5, 5.41) is 0. The largest absolute Gasteiger partial charge is 0.450 e. The molecule has 2 aromatic rings. The molecule has 0 aromatic heterocycles. The Morgan fingerprint density at radius 3 is 1.81 bits per heavy atom. The van der Waals surface area contributed by atoms with Crippen molar-refractivity contribution in [2.24, 2.45) is 0 Å². The van der Waals surface area contributed by atoms with Crippen molar-refractivity contribution < 1.29 is 18.3 Å². The van der Waals surface area contributed by atoms with Crippen LogP contribution in [0.4, 0.5) is 13.6 Å². The highest BCUT2D eigenvalue weighted by molar-refractivity contribution is 5.67. The fourth-order valence-electron chi connectivity index (χ4n) is 3.28. The molecule has 0 N–H and O–H groups in total. The van der Waals surface area contributed by atoms with Gasteiger partial charge in [0.25, 0.3) is 0 Å². The molecule has 0 unspecified atom stereocenters. The first-order valence-corrected chi connectivity index (χ1v) is 8.75. The number of nitrogens with zero attached hydrogens (tertiary/aromatic N) is 2. The maximum absolute atomic E-state index is 13.3. The molecule has 0 atom stereocenters. The first-order valence-electron chi connectivity index (χ1n) is 8.75. The first kappa shape index (κ1) is 18.3. The monoisotopic (exact) mass is 360 g/mol. The summed E-state index contributed by atoms with van der Waals surface area (Å²) in [5.41, 5.74) is 1.87. The fourth-order valence-corrected chi connectivity index (χ4v) is 3.28. The van der Waals surface area contributed by atoms with E-state index in [1.165, 1.54) is 24.3 Å². The third-order valence-corrected chi connectivity index (χ3v) is 4.58. The molecule has 3 rings (SSSR count). The molecule has 26 heavy (non-hydrogen) atoms. The van der Waals surface area contributed by atoms with Gasteiger partial charge in [-0.05, 0) is 42.3 Å². The molecule has 0 aliphatic carbocycles. The zero-order chi connectivity index (χ0) is 18.5. The average molecular weight is 360 g/mol. The maximum atomic E-state index is 13.3. The Hall–Kier alpha value is -2.47. The van der Waals surface area contributed by atoms with Gasteiger partial charge in [0.05, 0.1) is 12.6 Å². The third-order valence-electron chi connectivity index (χ3n) is 4.58. The van der Waals surface area contributed by atoms with E-state index in [1.54, 1.807) is 36.1 Å². The molecular weight excluding hydrogens is 338 g/mol. The van der Waals surface area contributed by atoms with E-state index in [9.17, 15) is 13.6 Å². The molecule has 4 nitrogen and oxygen atoms in total. The van der Waals surface area contributed by atoms with Crippen molar-refractivity contribution >= 4 is 6.09 Å². The summed E-state index contributed by atoms with van der Waals surface area (Å²) in [6.45, 7) is 4.55. The van der Waals surface area contributed by atoms with E-state index in [0.29, 0.717) is 32.8 Å². The molecule has 0 saturated carbocycles. The van der Waals surface area contributed by atoms with Crippen LogP contribution in [0.25, 0.3) is 0 Å². The van der Waals surface area contributed by atoms with E-state index in [0.717, 1.165) is 11.1 Å². The molecule has 1 aliphatic heterocycles. The van der Waals surface area contributed by atoms with Gasteiger partial charge in [0, 0.05) is 26.2 Å². The van der Waals surface area contributed by atoms with E-state index in [-0.39, 0.29) is 23.8 Å². The first-order chi connectivity index (χ1) is 12.6. The Bertz CT molecular complexity index is 681. The molecule has 1 saturated heterocycles. The van der Waals surface area contributed by atoms with Crippen LogP contribution < -0.4 is 0 Å². The Balaban J connectivity index is 1.81. The van der Waals surface area contributed by atoms with Crippen molar-refractivity contribution in [2.75, 3.05) is 32.8 Å². The molecule has 6 heteroatoms. The highest BCUT2D eigenvalue weighted by Gasteiger charge is 2.28. The van der Waals surface area contributed by atoms with Gasteiger partial charge in [-0.2, -0.15) is 0 Å². The zero-order valence-corrected chi connectivity index (χ0v) is 14.7. The minimum Gasteiger partial charge on any atom is -0.450 e. The summed E-state index contributed by atoms with van der Waals surface area (Å²) in [6, 6.07) is 12.6. The molecule has 0 spiro atoms. The van der Waals surface area contributed by atoms with Crippen molar-refractivity contribution in [3.8, 4) is 0 Å². The van der Waals surface area contributed by atoms with Gasteiger partial charge in [-0.1, -0.05) is 24.3 Å². The Morgan fingerprint density at radius 1 is 0.923 bits per heavy atom. The third kappa shape index (κ3) is 4.19. The van der Waals surface area contributed by atoms with E-state index in [2.05, 4.69) is 4.90 Å². The number of halogens is 2. The lowest BCUT2D eigenvalue weighted by molar-refractivity contribution is 0.0715. The predicted octanol–water partition coefficient (Wildman–Crippen LogP) is 3.83. The Morgan fingerprint density at radius 2 is 1.38 bits per heavy atom. The van der Waals surface area contributed by atoms with Gasteiger partial charge in [-0.3, -0.25) is 4.90 Å². The van der Waals surface area contributed by atoms with E-state index in [4.69, 9.17) is 4.74 Å². The summed E-state index contributed by atoms with van der Waals surface area (Å²) in [5.74, 6) is -0.586. The maximum Gasteiger partial charge on any atom is 0.409 e. The lowest BCUT2D eigenvalue weighted by atomic mass is 9.96. The molecule has 0 radical (unpaired) electrons. The second kappa shape index (κ2) is 8.27. The number of hydrogen-bond acceptors (Lipinski definition) is 3. The summed E-state index contributed by atoms with van der Waals surface area (Å²) < 4.78 is 31.7. The minimum absolute atomic E-state index is 0.124. The zero-order valence-electron chi connectivity index (χ0n) is 14.7. The summed E-state index contributed by atoms with van der Waals surface area (Å²) in [6.07, 6.45) is -0.299. The van der Waals surface area contributed by atoms with Crippen molar-refractivity contribution in [1.82, 2.24) is 9.80 Å². The van der Waals surface area contributed by atoms with E-state index in [1.807, 2.05) is 0 Å². The summed E-state index contributed by atoms with van der Waals surface area (Å²) in [7, 11) is 0. The smallest absolute Gasteiger partial charge is 0.409 e. The van der Waals surface area contributed by atoms with Crippen LogP contribution in [0.2, 0.25) is 0 Å². The number of benzene rings is 2. The molecule has 1 fully saturated rings. The lowest BCUT2D eigenvalue weighted by Crippen LogP contribution is -2.50. The standard InChI is InChI=1S/C20H22F2N2O2/c1-2-26-20(25)24-13-11-23(12-14-24)19(15-3-7-17(21)8-4-15)16-5-9-18(22)10-6-16/h3-10,19H,2,11-14H2,1H3. The van der Waals surface area contributed by atoms with Crippen LogP contribution in [0.3, 0.4) is 0 Å². The average Bonchev–Trinajstić information content (AvgIpc) is 2.66. The van der Waals surface area contributed by atoms with Crippen LogP contribution in [0.5, 0.6) is 0 Å². The molecule has 1 amide bonds.